The average Bonchev–Trinajstić information content (AvgIpc) is 2.30. The van der Waals surface area contributed by atoms with E-state index in [0.717, 1.165) is 5.92 Å². The Kier molecular flexibility index (Phi) is 2.78. The highest BCUT2D eigenvalue weighted by molar-refractivity contribution is 4.92. The monoisotopic (exact) mass is 183 g/mol. The highest BCUT2D eigenvalue weighted by Gasteiger charge is 2.38. The molecule has 0 aromatic heterocycles. The van der Waals surface area contributed by atoms with Crippen LogP contribution >= 0.6 is 0 Å². The molecule has 1 saturated heterocycles. The third-order valence-corrected chi connectivity index (χ3v) is 3.91. The van der Waals surface area contributed by atoms with Crippen LogP contribution in [0.2, 0.25) is 0 Å². The van der Waals surface area contributed by atoms with Crippen LogP contribution in [0.3, 0.4) is 0 Å². The zero-order valence-electron chi connectivity index (χ0n) is 10.1. The fraction of sp³-hybridized carbons (Fsp3) is 1.00. The Morgan fingerprint density at radius 1 is 1.23 bits per heavy atom. The van der Waals surface area contributed by atoms with Gasteiger partial charge in [-0.2, -0.15) is 0 Å². The molecule has 0 saturated carbocycles. The Hall–Kier alpha value is -0.0400. The highest BCUT2D eigenvalue weighted by Crippen LogP contribution is 2.36. The standard InChI is InChI=1S/C12H25N/c1-10(2)12(5,6)13-8-7-11(3,4)9-13/h10H,7-9H2,1-6H3. The van der Waals surface area contributed by atoms with E-state index in [4.69, 9.17) is 0 Å². The van der Waals surface area contributed by atoms with Crippen molar-refractivity contribution >= 4 is 0 Å². The summed E-state index contributed by atoms with van der Waals surface area (Å²) in [5.74, 6) is 0.737. The molecule has 13 heavy (non-hydrogen) atoms. The van der Waals surface area contributed by atoms with Crippen LogP contribution in [0.5, 0.6) is 0 Å². The third kappa shape index (κ3) is 2.25. The van der Waals surface area contributed by atoms with E-state index in [-0.39, 0.29) is 0 Å². The van der Waals surface area contributed by atoms with Gasteiger partial charge in [0.1, 0.15) is 0 Å². The van der Waals surface area contributed by atoms with Gasteiger partial charge in [0.2, 0.25) is 0 Å². The molecule has 1 rings (SSSR count). The molecule has 0 N–H and O–H groups in total. The number of nitrogens with zero attached hydrogens (tertiary/aromatic N) is 1. The first-order valence-electron chi connectivity index (χ1n) is 5.51. The largest absolute Gasteiger partial charge is 0.297 e. The molecule has 0 aliphatic carbocycles. The Balaban J connectivity index is 2.65. The number of hydrogen-bond acceptors (Lipinski definition) is 1. The van der Waals surface area contributed by atoms with Crippen LogP contribution in [0.15, 0.2) is 0 Å². The first-order chi connectivity index (χ1) is 5.76. The maximum atomic E-state index is 2.65. The first kappa shape index (κ1) is 11.0. The topological polar surface area (TPSA) is 3.24 Å². The summed E-state index contributed by atoms with van der Waals surface area (Å²) in [5, 5.41) is 0. The zero-order chi connectivity index (χ0) is 10.3. The van der Waals surface area contributed by atoms with Crippen molar-refractivity contribution in [3.05, 3.63) is 0 Å². The molecule has 1 fully saturated rings. The lowest BCUT2D eigenvalue weighted by atomic mass is 9.88. The van der Waals surface area contributed by atoms with E-state index < -0.39 is 0 Å². The van der Waals surface area contributed by atoms with Gasteiger partial charge in [0.05, 0.1) is 0 Å². The summed E-state index contributed by atoms with van der Waals surface area (Å²) in [5.41, 5.74) is 0.903. The van der Waals surface area contributed by atoms with Crippen LogP contribution in [0, 0.1) is 11.3 Å². The smallest absolute Gasteiger partial charge is 0.0176 e. The molecule has 1 heteroatoms. The quantitative estimate of drug-likeness (QED) is 0.635. The Morgan fingerprint density at radius 2 is 1.77 bits per heavy atom. The van der Waals surface area contributed by atoms with Crippen LogP contribution in [-0.4, -0.2) is 23.5 Å². The Morgan fingerprint density at radius 3 is 2.08 bits per heavy atom. The molecule has 78 valence electrons. The number of rotatable bonds is 2. The molecule has 1 heterocycles. The third-order valence-electron chi connectivity index (χ3n) is 3.91. The second kappa shape index (κ2) is 3.27. The predicted molar refractivity (Wildman–Crippen MR) is 58.9 cm³/mol. The second-order valence-corrected chi connectivity index (χ2v) is 6.14. The molecule has 0 bridgehead atoms. The highest BCUT2D eigenvalue weighted by atomic mass is 15.2. The van der Waals surface area contributed by atoms with Gasteiger partial charge in [0.15, 0.2) is 0 Å². The minimum Gasteiger partial charge on any atom is -0.297 e. The molecule has 0 aromatic rings. The molecule has 0 amide bonds. The number of likely N-dealkylation sites (tertiary alicyclic amines) is 1. The molecular formula is C12H25N. The van der Waals surface area contributed by atoms with Crippen molar-refractivity contribution in [2.75, 3.05) is 13.1 Å². The minimum atomic E-state index is 0.369. The maximum absolute atomic E-state index is 2.65. The van der Waals surface area contributed by atoms with Gasteiger partial charge >= 0.3 is 0 Å². The molecular weight excluding hydrogens is 158 g/mol. The fourth-order valence-electron chi connectivity index (χ4n) is 1.97. The SMILES string of the molecule is CC(C)C(C)(C)N1CCC(C)(C)C1. The predicted octanol–water partition coefficient (Wildman–Crippen LogP) is 3.15. The van der Waals surface area contributed by atoms with E-state index in [9.17, 15) is 0 Å². The molecule has 0 unspecified atom stereocenters. The molecule has 1 nitrogen and oxygen atoms in total. The van der Waals surface area contributed by atoms with Crippen LogP contribution in [0.4, 0.5) is 0 Å². The van der Waals surface area contributed by atoms with E-state index in [2.05, 4.69) is 46.4 Å². The van der Waals surface area contributed by atoms with Crippen molar-refractivity contribution in [1.29, 1.82) is 0 Å². The van der Waals surface area contributed by atoms with Gasteiger partial charge in [-0.15, -0.1) is 0 Å². The molecule has 1 aliphatic rings. The molecule has 0 aromatic carbocycles. The molecule has 1 aliphatic heterocycles. The lowest BCUT2D eigenvalue weighted by molar-refractivity contribution is 0.0926. The summed E-state index contributed by atoms with van der Waals surface area (Å²) >= 11 is 0. The van der Waals surface area contributed by atoms with Gasteiger partial charge in [-0.05, 0) is 38.1 Å². The summed E-state index contributed by atoms with van der Waals surface area (Å²) in [6.07, 6.45) is 1.35. The van der Waals surface area contributed by atoms with Gasteiger partial charge in [-0.1, -0.05) is 27.7 Å². The summed E-state index contributed by atoms with van der Waals surface area (Å²) in [6, 6.07) is 0. The van der Waals surface area contributed by atoms with E-state index in [0.29, 0.717) is 11.0 Å². The minimum absolute atomic E-state index is 0.369. The van der Waals surface area contributed by atoms with Crippen LogP contribution in [0.25, 0.3) is 0 Å². The summed E-state index contributed by atoms with van der Waals surface area (Å²) in [4.78, 5) is 2.65. The Labute approximate surface area is 83.5 Å². The van der Waals surface area contributed by atoms with Gasteiger partial charge in [-0.3, -0.25) is 4.90 Å². The number of hydrogen-bond donors (Lipinski definition) is 0. The molecule has 0 atom stereocenters. The van der Waals surface area contributed by atoms with Crippen molar-refractivity contribution in [2.45, 2.75) is 53.5 Å². The van der Waals surface area contributed by atoms with Gasteiger partial charge < -0.3 is 0 Å². The van der Waals surface area contributed by atoms with Crippen LogP contribution in [-0.2, 0) is 0 Å². The molecule has 0 spiro atoms. The average molecular weight is 183 g/mol. The van der Waals surface area contributed by atoms with Crippen LogP contribution in [0.1, 0.15) is 48.0 Å². The van der Waals surface area contributed by atoms with Crippen molar-refractivity contribution in [2.24, 2.45) is 11.3 Å². The maximum Gasteiger partial charge on any atom is 0.0176 e. The van der Waals surface area contributed by atoms with Crippen molar-refractivity contribution < 1.29 is 0 Å². The van der Waals surface area contributed by atoms with E-state index >= 15 is 0 Å². The lowest BCUT2D eigenvalue weighted by Crippen LogP contribution is -2.47. The van der Waals surface area contributed by atoms with Gasteiger partial charge in [0, 0.05) is 12.1 Å². The molecule has 0 radical (unpaired) electrons. The summed E-state index contributed by atoms with van der Waals surface area (Å²) in [7, 11) is 0. The van der Waals surface area contributed by atoms with Gasteiger partial charge in [0.25, 0.3) is 0 Å². The van der Waals surface area contributed by atoms with Crippen molar-refractivity contribution in [3.8, 4) is 0 Å². The van der Waals surface area contributed by atoms with E-state index in [1.165, 1.54) is 19.5 Å². The van der Waals surface area contributed by atoms with E-state index in [1.807, 2.05) is 0 Å². The zero-order valence-corrected chi connectivity index (χ0v) is 10.1. The van der Waals surface area contributed by atoms with E-state index in [1.54, 1.807) is 0 Å². The first-order valence-corrected chi connectivity index (χ1v) is 5.51. The fourth-order valence-corrected chi connectivity index (χ4v) is 1.97. The van der Waals surface area contributed by atoms with Crippen molar-refractivity contribution in [1.82, 2.24) is 4.90 Å². The van der Waals surface area contributed by atoms with Gasteiger partial charge in [-0.25, -0.2) is 0 Å². The Bertz CT molecular complexity index is 180. The second-order valence-electron chi connectivity index (χ2n) is 6.14. The van der Waals surface area contributed by atoms with Crippen LogP contribution < -0.4 is 0 Å². The lowest BCUT2D eigenvalue weighted by Gasteiger charge is -2.40. The van der Waals surface area contributed by atoms with Crippen molar-refractivity contribution in [3.63, 3.8) is 0 Å². The normalized spacial score (nSPS) is 24.2. The summed E-state index contributed by atoms with van der Waals surface area (Å²) < 4.78 is 0. The summed E-state index contributed by atoms with van der Waals surface area (Å²) in [6.45, 7) is 16.7.